The Bertz CT molecular complexity index is 978. The number of carbonyl (C=O) groups excluding carboxylic acids is 1. The Morgan fingerprint density at radius 1 is 1.03 bits per heavy atom. The fourth-order valence-corrected chi connectivity index (χ4v) is 6.55. The lowest BCUT2D eigenvalue weighted by molar-refractivity contribution is 0.0709. The smallest absolute Gasteiger partial charge is 0.254 e. The molecule has 2 aliphatic heterocycles. The molecule has 2 fully saturated rings. The third-order valence-electron chi connectivity index (χ3n) is 6.14. The van der Waals surface area contributed by atoms with Crippen molar-refractivity contribution in [2.24, 2.45) is 0 Å². The van der Waals surface area contributed by atoms with Crippen LogP contribution in [0.15, 0.2) is 52.9 Å². The van der Waals surface area contributed by atoms with Crippen molar-refractivity contribution in [2.45, 2.75) is 41.8 Å². The van der Waals surface area contributed by atoms with Gasteiger partial charge >= 0.3 is 0 Å². The number of hydrogen-bond donors (Lipinski definition) is 0. The fourth-order valence-electron chi connectivity index (χ4n) is 4.52. The predicted molar refractivity (Wildman–Crippen MR) is 125 cm³/mol. The van der Waals surface area contributed by atoms with Gasteiger partial charge in [0.05, 0.1) is 10.2 Å². The molecule has 3 heterocycles. The lowest BCUT2D eigenvalue weighted by atomic mass is 10.1. The van der Waals surface area contributed by atoms with Crippen molar-refractivity contribution < 1.29 is 4.79 Å². The molecule has 1 atom stereocenters. The van der Waals surface area contributed by atoms with Crippen LogP contribution in [-0.4, -0.2) is 52.9 Å². The minimum Gasteiger partial charge on any atom is -0.334 e. The van der Waals surface area contributed by atoms with Gasteiger partial charge in [-0.05, 0) is 68.6 Å². The van der Waals surface area contributed by atoms with Crippen molar-refractivity contribution in [3.8, 4) is 0 Å². The van der Waals surface area contributed by atoms with Crippen LogP contribution in [0.2, 0.25) is 0 Å². The van der Waals surface area contributed by atoms with Crippen LogP contribution in [0.3, 0.4) is 0 Å². The molecule has 3 aromatic rings. The summed E-state index contributed by atoms with van der Waals surface area (Å²) in [6, 6.07) is 16.8. The van der Waals surface area contributed by atoms with Crippen LogP contribution >= 0.6 is 23.1 Å². The third-order valence-corrected chi connectivity index (χ3v) is 8.39. The standard InChI is InChI=1S/C24H27N3OS2/c28-23(27-15-5-6-20(27)16-26-13-3-4-14-26)19-11-9-18(10-12-19)17-29-24-25-21-7-1-2-8-22(21)30-24/h1-2,7-12,20H,3-6,13-17H2. The second-order valence-corrected chi connectivity index (χ2v) is 10.5. The minimum atomic E-state index is 0.196. The summed E-state index contributed by atoms with van der Waals surface area (Å²) in [5.41, 5.74) is 3.11. The molecular formula is C24H27N3OS2. The molecule has 5 rings (SSSR count). The minimum absolute atomic E-state index is 0.196. The number of amides is 1. The van der Waals surface area contributed by atoms with Gasteiger partial charge in [0, 0.05) is 30.4 Å². The molecule has 2 aliphatic rings. The number of carbonyl (C=O) groups is 1. The maximum Gasteiger partial charge on any atom is 0.254 e. The summed E-state index contributed by atoms with van der Waals surface area (Å²) >= 11 is 3.50. The molecule has 0 saturated carbocycles. The van der Waals surface area contributed by atoms with Gasteiger partial charge in [-0.15, -0.1) is 11.3 Å². The topological polar surface area (TPSA) is 36.4 Å². The van der Waals surface area contributed by atoms with Gasteiger partial charge in [-0.1, -0.05) is 36.0 Å². The molecule has 2 aromatic carbocycles. The van der Waals surface area contributed by atoms with E-state index in [0.29, 0.717) is 6.04 Å². The predicted octanol–water partition coefficient (Wildman–Crippen LogP) is 5.29. The van der Waals surface area contributed by atoms with Crippen molar-refractivity contribution in [3.05, 3.63) is 59.7 Å². The van der Waals surface area contributed by atoms with E-state index in [0.717, 1.165) is 47.1 Å². The number of benzene rings is 2. The first-order chi connectivity index (χ1) is 14.8. The number of nitrogens with zero attached hydrogens (tertiary/aromatic N) is 3. The summed E-state index contributed by atoms with van der Waals surface area (Å²) in [7, 11) is 0. The maximum atomic E-state index is 13.1. The Hall–Kier alpha value is -1.89. The van der Waals surface area contributed by atoms with E-state index in [1.54, 1.807) is 23.1 Å². The molecule has 0 aliphatic carbocycles. The number of likely N-dealkylation sites (tertiary alicyclic amines) is 2. The molecule has 0 bridgehead atoms. The van der Waals surface area contributed by atoms with Crippen LogP contribution in [0.1, 0.15) is 41.6 Å². The van der Waals surface area contributed by atoms with Crippen molar-refractivity contribution in [2.75, 3.05) is 26.2 Å². The highest BCUT2D eigenvalue weighted by Crippen LogP contribution is 2.31. The van der Waals surface area contributed by atoms with Gasteiger partial charge in [0.1, 0.15) is 0 Å². The lowest BCUT2D eigenvalue weighted by Crippen LogP contribution is -2.42. The Kier molecular flexibility index (Phi) is 6.07. The number of fused-ring (bicyclic) bond motifs is 1. The fraction of sp³-hybridized carbons (Fsp3) is 0.417. The summed E-state index contributed by atoms with van der Waals surface area (Å²) < 4.78 is 2.33. The van der Waals surface area contributed by atoms with Gasteiger partial charge in [-0.3, -0.25) is 4.79 Å². The van der Waals surface area contributed by atoms with Crippen LogP contribution < -0.4 is 0 Å². The van der Waals surface area contributed by atoms with Gasteiger partial charge in [0.2, 0.25) is 0 Å². The normalized spacial score (nSPS) is 19.7. The number of rotatable bonds is 6. The van der Waals surface area contributed by atoms with Gasteiger partial charge < -0.3 is 9.80 Å². The van der Waals surface area contributed by atoms with Gasteiger partial charge in [0.25, 0.3) is 5.91 Å². The molecule has 6 heteroatoms. The molecule has 1 unspecified atom stereocenters. The molecule has 156 valence electrons. The van der Waals surface area contributed by atoms with Gasteiger partial charge in [-0.25, -0.2) is 4.98 Å². The summed E-state index contributed by atoms with van der Waals surface area (Å²) in [5, 5.41) is 0. The highest BCUT2D eigenvalue weighted by atomic mass is 32.2. The van der Waals surface area contributed by atoms with E-state index in [-0.39, 0.29) is 5.91 Å². The van der Waals surface area contributed by atoms with Crippen LogP contribution in [0, 0.1) is 0 Å². The molecule has 4 nitrogen and oxygen atoms in total. The largest absolute Gasteiger partial charge is 0.334 e. The first-order valence-electron chi connectivity index (χ1n) is 10.9. The summed E-state index contributed by atoms with van der Waals surface area (Å²) in [6.45, 7) is 4.33. The van der Waals surface area contributed by atoms with Crippen LogP contribution in [0.4, 0.5) is 0 Å². The quantitative estimate of drug-likeness (QED) is 0.491. The number of hydrogen-bond acceptors (Lipinski definition) is 5. The first kappa shape index (κ1) is 20.0. The SMILES string of the molecule is O=C(c1ccc(CSc2nc3ccccc3s2)cc1)N1CCCC1CN1CCCC1. The number of aromatic nitrogens is 1. The zero-order chi connectivity index (χ0) is 20.3. The van der Waals surface area contributed by atoms with Gasteiger partial charge in [-0.2, -0.15) is 0 Å². The Morgan fingerprint density at radius 3 is 2.63 bits per heavy atom. The monoisotopic (exact) mass is 437 g/mol. The average molecular weight is 438 g/mol. The van der Waals surface area contributed by atoms with E-state index in [4.69, 9.17) is 4.98 Å². The van der Waals surface area contributed by atoms with Crippen LogP contribution in [0.25, 0.3) is 10.2 Å². The first-order valence-corrected chi connectivity index (χ1v) is 12.7. The zero-order valence-electron chi connectivity index (χ0n) is 17.1. The third kappa shape index (κ3) is 4.41. The second-order valence-electron chi connectivity index (χ2n) is 8.24. The molecule has 30 heavy (non-hydrogen) atoms. The van der Waals surface area contributed by atoms with E-state index in [1.165, 1.54) is 36.2 Å². The summed E-state index contributed by atoms with van der Waals surface area (Å²) in [5.74, 6) is 1.07. The molecule has 1 amide bonds. The molecule has 1 aromatic heterocycles. The number of thioether (sulfide) groups is 1. The maximum absolute atomic E-state index is 13.1. The molecular weight excluding hydrogens is 410 g/mol. The number of para-hydroxylation sites is 1. The van der Waals surface area contributed by atoms with Crippen molar-refractivity contribution >= 4 is 39.2 Å². The Labute approximate surface area is 186 Å². The molecule has 2 saturated heterocycles. The van der Waals surface area contributed by atoms with Crippen molar-refractivity contribution in [3.63, 3.8) is 0 Å². The van der Waals surface area contributed by atoms with E-state index in [2.05, 4.69) is 40.1 Å². The second kappa shape index (κ2) is 9.08. The summed E-state index contributed by atoms with van der Waals surface area (Å²) in [4.78, 5) is 22.4. The Morgan fingerprint density at radius 2 is 1.83 bits per heavy atom. The van der Waals surface area contributed by atoms with Gasteiger partial charge in [0.15, 0.2) is 4.34 Å². The van der Waals surface area contributed by atoms with E-state index in [9.17, 15) is 4.79 Å². The molecule has 0 N–H and O–H groups in total. The van der Waals surface area contributed by atoms with E-state index >= 15 is 0 Å². The van der Waals surface area contributed by atoms with E-state index < -0.39 is 0 Å². The molecule has 0 spiro atoms. The number of thiazole rings is 1. The van der Waals surface area contributed by atoms with Crippen molar-refractivity contribution in [1.82, 2.24) is 14.8 Å². The average Bonchev–Trinajstić information content (AvgIpc) is 3.53. The lowest BCUT2D eigenvalue weighted by Gasteiger charge is -2.28. The highest BCUT2D eigenvalue weighted by Gasteiger charge is 2.31. The Balaban J connectivity index is 1.20. The van der Waals surface area contributed by atoms with E-state index in [1.807, 2.05) is 18.2 Å². The summed E-state index contributed by atoms with van der Waals surface area (Å²) in [6.07, 6.45) is 4.87. The van der Waals surface area contributed by atoms with Crippen LogP contribution in [-0.2, 0) is 5.75 Å². The van der Waals surface area contributed by atoms with Crippen molar-refractivity contribution in [1.29, 1.82) is 0 Å². The molecule has 0 radical (unpaired) electrons. The highest BCUT2D eigenvalue weighted by molar-refractivity contribution is 8.00. The van der Waals surface area contributed by atoms with Crippen LogP contribution in [0.5, 0.6) is 0 Å². The zero-order valence-corrected chi connectivity index (χ0v) is 18.8.